The second kappa shape index (κ2) is 6.80. The molecular formula is C10H19N3O5. The summed E-state index contributed by atoms with van der Waals surface area (Å²) < 4.78 is 4.96. The van der Waals surface area contributed by atoms with Crippen LogP contribution in [0.4, 0.5) is 4.79 Å². The van der Waals surface area contributed by atoms with Gasteiger partial charge in [-0.05, 0) is 27.7 Å². The minimum absolute atomic E-state index is 0.379. The third-order valence-electron chi connectivity index (χ3n) is 1.67. The highest BCUT2D eigenvalue weighted by Crippen LogP contribution is 2.06. The van der Waals surface area contributed by atoms with Crippen molar-refractivity contribution in [3.8, 4) is 0 Å². The van der Waals surface area contributed by atoms with Crippen molar-refractivity contribution in [1.82, 2.24) is 16.1 Å². The molecule has 0 saturated heterocycles. The van der Waals surface area contributed by atoms with Gasteiger partial charge in [-0.1, -0.05) is 0 Å². The normalized spacial score (nSPS) is 12.3. The summed E-state index contributed by atoms with van der Waals surface area (Å²) >= 11 is 0. The predicted octanol–water partition coefficient (Wildman–Crippen LogP) is -0.479. The molecular weight excluding hydrogens is 242 g/mol. The highest BCUT2D eigenvalue weighted by Gasteiger charge is 2.21. The molecule has 8 nitrogen and oxygen atoms in total. The molecule has 3 amide bonds. The topological polar surface area (TPSA) is 117 Å². The molecule has 0 rings (SSSR count). The first kappa shape index (κ1) is 16.2. The smallest absolute Gasteiger partial charge is 0.408 e. The molecule has 104 valence electrons. The van der Waals surface area contributed by atoms with E-state index in [0.717, 1.165) is 0 Å². The van der Waals surface area contributed by atoms with Crippen LogP contribution in [-0.4, -0.2) is 41.3 Å². The molecule has 0 aliphatic carbocycles. The van der Waals surface area contributed by atoms with Crippen LogP contribution >= 0.6 is 0 Å². The Morgan fingerprint density at radius 1 is 1.28 bits per heavy atom. The van der Waals surface area contributed by atoms with Crippen molar-refractivity contribution in [1.29, 1.82) is 0 Å². The van der Waals surface area contributed by atoms with Gasteiger partial charge in [0.15, 0.2) is 0 Å². The van der Waals surface area contributed by atoms with Crippen molar-refractivity contribution in [3.63, 3.8) is 0 Å². The number of rotatable bonds is 4. The fourth-order valence-electron chi connectivity index (χ4n) is 0.910. The van der Waals surface area contributed by atoms with Gasteiger partial charge in [0.05, 0.1) is 6.54 Å². The third kappa shape index (κ3) is 7.44. The number of carbonyl (C=O) groups excluding carboxylic acids is 3. The van der Waals surface area contributed by atoms with Crippen LogP contribution in [0.5, 0.6) is 0 Å². The number of alkyl carbamates (subject to hydrolysis) is 1. The Hall–Kier alpha value is -1.83. The zero-order valence-corrected chi connectivity index (χ0v) is 10.9. The number of hydrogen-bond acceptors (Lipinski definition) is 5. The summed E-state index contributed by atoms with van der Waals surface area (Å²) in [6.45, 7) is 6.15. The maximum absolute atomic E-state index is 11.4. The Labute approximate surface area is 105 Å². The van der Waals surface area contributed by atoms with Crippen LogP contribution in [0.3, 0.4) is 0 Å². The van der Waals surface area contributed by atoms with Gasteiger partial charge >= 0.3 is 6.09 Å². The molecule has 1 unspecified atom stereocenters. The largest absolute Gasteiger partial charge is 0.444 e. The number of amides is 3. The van der Waals surface area contributed by atoms with E-state index >= 15 is 0 Å². The fraction of sp³-hybridized carbons (Fsp3) is 0.700. The van der Waals surface area contributed by atoms with E-state index in [4.69, 9.17) is 9.94 Å². The van der Waals surface area contributed by atoms with E-state index in [2.05, 4.69) is 10.6 Å². The molecule has 0 radical (unpaired) electrons. The first-order chi connectivity index (χ1) is 8.15. The summed E-state index contributed by atoms with van der Waals surface area (Å²) in [6.07, 6.45) is -0.725. The van der Waals surface area contributed by atoms with Gasteiger partial charge in [0.1, 0.15) is 11.6 Å². The van der Waals surface area contributed by atoms with Crippen molar-refractivity contribution in [3.05, 3.63) is 0 Å². The highest BCUT2D eigenvalue weighted by molar-refractivity contribution is 5.88. The molecule has 8 heteroatoms. The lowest BCUT2D eigenvalue weighted by Gasteiger charge is -2.21. The average Bonchev–Trinajstić information content (AvgIpc) is 2.22. The minimum atomic E-state index is -0.855. The van der Waals surface area contributed by atoms with Crippen LogP contribution < -0.4 is 16.1 Å². The van der Waals surface area contributed by atoms with Crippen molar-refractivity contribution in [2.75, 3.05) is 6.54 Å². The molecule has 0 saturated carbocycles. The lowest BCUT2D eigenvalue weighted by Crippen LogP contribution is -2.48. The van der Waals surface area contributed by atoms with Gasteiger partial charge in [-0.2, -0.15) is 0 Å². The van der Waals surface area contributed by atoms with E-state index in [0.29, 0.717) is 0 Å². The van der Waals surface area contributed by atoms with E-state index in [1.54, 1.807) is 20.8 Å². The van der Waals surface area contributed by atoms with Crippen LogP contribution in [0.1, 0.15) is 27.7 Å². The molecule has 0 bridgehead atoms. The van der Waals surface area contributed by atoms with Crippen molar-refractivity contribution < 1.29 is 24.3 Å². The second-order valence-electron chi connectivity index (χ2n) is 4.62. The molecule has 0 aromatic rings. The molecule has 0 heterocycles. The molecule has 0 aromatic carbocycles. The van der Waals surface area contributed by atoms with E-state index in [-0.39, 0.29) is 6.54 Å². The Morgan fingerprint density at radius 3 is 2.28 bits per heavy atom. The number of hydrogen-bond donors (Lipinski definition) is 4. The molecule has 18 heavy (non-hydrogen) atoms. The van der Waals surface area contributed by atoms with E-state index in [1.165, 1.54) is 12.4 Å². The van der Waals surface area contributed by atoms with Gasteiger partial charge in [-0.3, -0.25) is 14.8 Å². The Kier molecular flexibility index (Phi) is 6.11. The SMILES string of the molecule is CC(NC(=O)OC(C)(C)C)C(=O)NCC(=O)NO. The maximum atomic E-state index is 11.4. The Morgan fingerprint density at radius 2 is 1.83 bits per heavy atom. The van der Waals surface area contributed by atoms with Crippen LogP contribution in [0.2, 0.25) is 0 Å². The summed E-state index contributed by atoms with van der Waals surface area (Å²) in [5, 5.41) is 12.7. The lowest BCUT2D eigenvalue weighted by molar-refractivity contribution is -0.131. The summed E-state index contributed by atoms with van der Waals surface area (Å²) in [5.74, 6) is -1.32. The molecule has 0 aliphatic heterocycles. The first-order valence-corrected chi connectivity index (χ1v) is 5.36. The summed E-state index contributed by atoms with van der Waals surface area (Å²) in [6, 6.07) is -0.855. The average molecular weight is 261 g/mol. The Bertz CT molecular complexity index is 324. The first-order valence-electron chi connectivity index (χ1n) is 5.36. The van der Waals surface area contributed by atoms with Gasteiger partial charge in [0, 0.05) is 0 Å². The number of hydroxylamine groups is 1. The molecule has 0 aliphatic rings. The molecule has 0 fully saturated rings. The van der Waals surface area contributed by atoms with Gasteiger partial charge in [-0.15, -0.1) is 0 Å². The van der Waals surface area contributed by atoms with Gasteiger partial charge in [0.25, 0.3) is 5.91 Å². The van der Waals surface area contributed by atoms with E-state index in [9.17, 15) is 14.4 Å². The van der Waals surface area contributed by atoms with Gasteiger partial charge in [-0.25, -0.2) is 10.3 Å². The molecule has 1 atom stereocenters. The lowest BCUT2D eigenvalue weighted by atomic mass is 10.2. The molecule has 4 N–H and O–H groups in total. The zero-order valence-electron chi connectivity index (χ0n) is 10.9. The summed E-state index contributed by atoms with van der Waals surface area (Å²) in [5.41, 5.74) is 0.710. The van der Waals surface area contributed by atoms with Crippen LogP contribution in [0.15, 0.2) is 0 Å². The van der Waals surface area contributed by atoms with E-state index < -0.39 is 29.6 Å². The predicted molar refractivity (Wildman–Crippen MR) is 61.8 cm³/mol. The molecule has 0 aromatic heterocycles. The molecule has 0 spiro atoms. The van der Waals surface area contributed by atoms with Gasteiger partial charge in [0.2, 0.25) is 5.91 Å². The van der Waals surface area contributed by atoms with E-state index in [1.807, 2.05) is 0 Å². The highest BCUT2D eigenvalue weighted by atomic mass is 16.6. The third-order valence-corrected chi connectivity index (χ3v) is 1.67. The minimum Gasteiger partial charge on any atom is -0.444 e. The second-order valence-corrected chi connectivity index (χ2v) is 4.62. The van der Waals surface area contributed by atoms with Crippen molar-refractivity contribution in [2.24, 2.45) is 0 Å². The van der Waals surface area contributed by atoms with Crippen LogP contribution in [-0.2, 0) is 14.3 Å². The van der Waals surface area contributed by atoms with Crippen molar-refractivity contribution in [2.45, 2.75) is 39.3 Å². The Balaban J connectivity index is 4.08. The fourth-order valence-corrected chi connectivity index (χ4v) is 0.910. The number of carbonyl (C=O) groups is 3. The monoisotopic (exact) mass is 261 g/mol. The quantitative estimate of drug-likeness (QED) is 0.403. The number of ether oxygens (including phenoxy) is 1. The van der Waals surface area contributed by atoms with Crippen molar-refractivity contribution >= 4 is 17.9 Å². The van der Waals surface area contributed by atoms with Gasteiger partial charge < -0.3 is 15.4 Å². The maximum Gasteiger partial charge on any atom is 0.408 e. The van der Waals surface area contributed by atoms with Crippen LogP contribution in [0, 0.1) is 0 Å². The standard InChI is InChI=1S/C10H19N3O5/c1-6(8(15)11-5-7(14)13-17)12-9(16)18-10(2,3)4/h6,17H,5H2,1-4H3,(H,11,15)(H,12,16)(H,13,14). The summed E-state index contributed by atoms with van der Waals surface area (Å²) in [4.78, 5) is 33.4. The zero-order chi connectivity index (χ0) is 14.3. The van der Waals surface area contributed by atoms with Crippen LogP contribution in [0.25, 0.3) is 0 Å². The number of nitrogens with one attached hydrogen (secondary N) is 3. The summed E-state index contributed by atoms with van der Waals surface area (Å²) in [7, 11) is 0.